The molecule has 0 fully saturated rings. The zero-order valence-electron chi connectivity index (χ0n) is 36.5. The van der Waals surface area contributed by atoms with Gasteiger partial charge in [0, 0.05) is 12.8 Å². The lowest BCUT2D eigenvalue weighted by Gasteiger charge is -2.20. The summed E-state index contributed by atoms with van der Waals surface area (Å²) in [7, 11) is -4.76. The van der Waals surface area contributed by atoms with E-state index in [-0.39, 0.29) is 12.8 Å². The van der Waals surface area contributed by atoms with Gasteiger partial charge in [-0.3, -0.25) is 23.4 Å². The van der Waals surface area contributed by atoms with Crippen molar-refractivity contribution in [3.05, 3.63) is 72.9 Å². The number of ether oxygens (including phenoxy) is 2. The fourth-order valence-corrected chi connectivity index (χ4v) is 6.38. The monoisotopic (exact) mass is 868 g/mol. The summed E-state index contributed by atoms with van der Waals surface area (Å²) in [5, 5.41) is 28.1. The van der Waals surface area contributed by atoms with Crippen molar-refractivity contribution < 1.29 is 57.7 Å². The van der Waals surface area contributed by atoms with Gasteiger partial charge in [-0.2, -0.15) is 0 Å². The zero-order chi connectivity index (χ0) is 44.5. The summed E-state index contributed by atoms with van der Waals surface area (Å²) in [5.41, 5.74) is 5.32. The maximum absolute atomic E-state index is 12.6. The highest BCUT2D eigenvalue weighted by atomic mass is 31.2. The van der Waals surface area contributed by atoms with Crippen LogP contribution in [0, 0.1) is 0 Å². The Labute approximate surface area is 360 Å². The third kappa shape index (κ3) is 40.3. The van der Waals surface area contributed by atoms with Crippen LogP contribution in [0.2, 0.25) is 0 Å². The second-order valence-electron chi connectivity index (χ2n) is 14.9. The molecular weight excluding hydrogens is 789 g/mol. The summed E-state index contributed by atoms with van der Waals surface area (Å²) in [4.78, 5) is 45.9. The molecule has 0 aliphatic heterocycles. The Morgan fingerprint density at radius 3 is 1.77 bits per heavy atom. The predicted octanol–water partition coefficient (Wildman–Crippen LogP) is 9.67. The lowest BCUT2D eigenvalue weighted by molar-refractivity contribution is -0.161. The number of rotatable bonds is 40. The summed E-state index contributed by atoms with van der Waals surface area (Å²) in [6.07, 6.45) is 41.5. The maximum atomic E-state index is 12.6. The maximum Gasteiger partial charge on any atom is 0.472 e. The van der Waals surface area contributed by atoms with Gasteiger partial charge >= 0.3 is 25.7 Å². The molecule has 0 saturated carbocycles. The van der Waals surface area contributed by atoms with Crippen LogP contribution in [0.15, 0.2) is 72.9 Å². The molecule has 0 amide bonds. The van der Waals surface area contributed by atoms with Gasteiger partial charge in [-0.15, -0.1) is 0 Å². The number of hydrogen-bond acceptors (Lipinski definition) is 11. The number of carbonyl (C=O) groups excluding carboxylic acids is 2. The first-order chi connectivity index (χ1) is 28.9. The summed E-state index contributed by atoms with van der Waals surface area (Å²) in [5.74, 6) is -2.54. The molecule has 0 aromatic carbocycles. The van der Waals surface area contributed by atoms with Crippen LogP contribution in [0.1, 0.15) is 155 Å². The van der Waals surface area contributed by atoms with E-state index in [4.69, 9.17) is 24.8 Å². The molecule has 0 heterocycles. The van der Waals surface area contributed by atoms with Gasteiger partial charge in [0.05, 0.1) is 25.4 Å². The number of esters is 2. The number of carboxylic acid groups (broad SMARTS) is 1. The number of carbonyl (C=O) groups is 3. The minimum absolute atomic E-state index is 0.00128. The number of aliphatic hydroxyl groups is 2. The van der Waals surface area contributed by atoms with Crippen LogP contribution < -0.4 is 5.73 Å². The van der Waals surface area contributed by atoms with Crippen molar-refractivity contribution >= 4 is 25.7 Å². The molecule has 60 heavy (non-hydrogen) atoms. The van der Waals surface area contributed by atoms with E-state index in [9.17, 15) is 34.1 Å². The smallest absolute Gasteiger partial charge is 0.472 e. The number of aliphatic hydroxyl groups excluding tert-OH is 2. The molecule has 344 valence electrons. The summed E-state index contributed by atoms with van der Waals surface area (Å²) in [6, 6.07) is -1.55. The molecule has 6 N–H and O–H groups in total. The van der Waals surface area contributed by atoms with Crippen LogP contribution in [-0.4, -0.2) is 82.3 Å². The van der Waals surface area contributed by atoms with E-state index in [1.807, 2.05) is 54.7 Å². The van der Waals surface area contributed by atoms with Crippen LogP contribution in [0.4, 0.5) is 0 Å². The summed E-state index contributed by atoms with van der Waals surface area (Å²) >= 11 is 0. The second-order valence-corrected chi connectivity index (χ2v) is 16.4. The standard InChI is InChI=1S/C46H78NO12P/c1-3-4-5-6-7-8-9-10-11-12-13-17-20-23-30-35-44(50)56-37-42(38-57-60(54,55)58-39-43(47)46(52)53)59-45(51)36-31-24-21-18-15-14-16-19-22-28-33-41(49)34-29-26-25-27-32-40(2)48/h14-15,19,21-22,24,26-29,32-33,40-43,48-49H,3-13,16-18,20,23,25,30-31,34-39,47H2,1-2H3,(H,52,53)(H,54,55)/b15-14+,22-19+,24-21+,29-26+,32-27-,33-28-. The number of phosphoric ester groups is 1. The van der Waals surface area contributed by atoms with Crippen molar-refractivity contribution in [3.8, 4) is 0 Å². The molecule has 0 spiro atoms. The van der Waals surface area contributed by atoms with Crippen LogP contribution in [0.5, 0.6) is 0 Å². The average molecular weight is 868 g/mol. The summed E-state index contributed by atoms with van der Waals surface area (Å²) < 4.78 is 32.6. The number of hydrogen-bond donors (Lipinski definition) is 5. The first-order valence-electron chi connectivity index (χ1n) is 22.1. The third-order valence-electron chi connectivity index (χ3n) is 9.08. The minimum atomic E-state index is -4.76. The van der Waals surface area contributed by atoms with Gasteiger partial charge in [-0.05, 0) is 45.4 Å². The van der Waals surface area contributed by atoms with E-state index in [1.54, 1.807) is 25.2 Å². The molecule has 0 bridgehead atoms. The van der Waals surface area contributed by atoms with E-state index < -0.39 is 69.9 Å². The molecule has 0 aliphatic rings. The molecule has 0 radical (unpaired) electrons. The van der Waals surface area contributed by atoms with E-state index in [0.29, 0.717) is 38.5 Å². The Bertz CT molecular complexity index is 1330. The highest BCUT2D eigenvalue weighted by Gasteiger charge is 2.28. The van der Waals surface area contributed by atoms with Crippen LogP contribution >= 0.6 is 7.82 Å². The molecular formula is C46H78NO12P. The van der Waals surface area contributed by atoms with Crippen molar-refractivity contribution in [2.24, 2.45) is 5.73 Å². The van der Waals surface area contributed by atoms with Crippen molar-refractivity contribution in [1.82, 2.24) is 0 Å². The third-order valence-corrected chi connectivity index (χ3v) is 10.0. The molecule has 0 rings (SSSR count). The fraction of sp³-hybridized carbons (Fsp3) is 0.674. The lowest BCUT2D eigenvalue weighted by atomic mass is 10.0. The van der Waals surface area contributed by atoms with E-state index in [0.717, 1.165) is 19.3 Å². The molecule has 14 heteroatoms. The van der Waals surface area contributed by atoms with Gasteiger partial charge in [-0.25, -0.2) is 4.57 Å². The SMILES string of the molecule is CCCCCCCCCCCCCCCCCC(=O)OCC(COP(=O)(O)OCC(N)C(=O)O)OC(=O)CC/C=C/C/C=C/C/C=C/C=C\C(O)C/C=C/C/C=C\C(C)O. The Morgan fingerprint density at radius 2 is 1.17 bits per heavy atom. The van der Waals surface area contributed by atoms with Gasteiger partial charge in [0.15, 0.2) is 6.10 Å². The zero-order valence-corrected chi connectivity index (χ0v) is 37.4. The Balaban J connectivity index is 4.55. The Morgan fingerprint density at radius 1 is 0.633 bits per heavy atom. The van der Waals surface area contributed by atoms with Crippen molar-refractivity contribution in [1.29, 1.82) is 0 Å². The van der Waals surface area contributed by atoms with E-state index in [1.165, 1.54) is 70.6 Å². The molecule has 5 atom stereocenters. The van der Waals surface area contributed by atoms with Crippen molar-refractivity contribution in [3.63, 3.8) is 0 Å². The van der Waals surface area contributed by atoms with Gasteiger partial charge in [0.1, 0.15) is 12.6 Å². The Hall–Kier alpha value is -3.16. The van der Waals surface area contributed by atoms with E-state index in [2.05, 4.69) is 11.4 Å². The van der Waals surface area contributed by atoms with Crippen molar-refractivity contribution in [2.45, 2.75) is 179 Å². The summed E-state index contributed by atoms with van der Waals surface area (Å²) in [6.45, 7) is 2.11. The molecule has 0 saturated heterocycles. The number of allylic oxidation sites excluding steroid dienone is 9. The number of phosphoric acid groups is 1. The van der Waals surface area contributed by atoms with E-state index >= 15 is 0 Å². The fourth-order valence-electron chi connectivity index (χ4n) is 5.60. The predicted molar refractivity (Wildman–Crippen MR) is 238 cm³/mol. The largest absolute Gasteiger partial charge is 0.480 e. The second kappa shape index (κ2) is 39.9. The van der Waals surface area contributed by atoms with Crippen molar-refractivity contribution in [2.75, 3.05) is 19.8 Å². The average Bonchev–Trinajstić information content (AvgIpc) is 3.20. The van der Waals surface area contributed by atoms with Crippen LogP contribution in [0.3, 0.4) is 0 Å². The topological polar surface area (TPSA) is 212 Å². The highest BCUT2D eigenvalue weighted by Crippen LogP contribution is 2.43. The number of unbranched alkanes of at least 4 members (excludes halogenated alkanes) is 14. The molecule has 0 aliphatic carbocycles. The Kier molecular flexibility index (Phi) is 37.8. The number of aliphatic carboxylic acids is 1. The molecule has 0 aromatic heterocycles. The molecule has 5 unspecified atom stereocenters. The molecule has 13 nitrogen and oxygen atoms in total. The van der Waals surface area contributed by atoms with Gasteiger partial charge in [-0.1, -0.05) is 170 Å². The molecule has 0 aromatic rings. The van der Waals surface area contributed by atoms with Crippen LogP contribution in [-0.2, 0) is 37.5 Å². The first-order valence-corrected chi connectivity index (χ1v) is 23.6. The normalized spacial score (nSPS) is 15.4. The minimum Gasteiger partial charge on any atom is -0.480 e. The lowest BCUT2D eigenvalue weighted by Crippen LogP contribution is -2.34. The van der Waals surface area contributed by atoms with Gasteiger partial charge in [0.2, 0.25) is 0 Å². The number of carboxylic acids is 1. The van der Waals surface area contributed by atoms with Gasteiger partial charge < -0.3 is 35.4 Å². The quantitative estimate of drug-likeness (QED) is 0.0128. The highest BCUT2D eigenvalue weighted by molar-refractivity contribution is 7.47. The number of nitrogens with two attached hydrogens (primary N) is 1. The van der Waals surface area contributed by atoms with Crippen LogP contribution in [0.25, 0.3) is 0 Å². The van der Waals surface area contributed by atoms with Gasteiger partial charge in [0.25, 0.3) is 0 Å². The first kappa shape index (κ1) is 56.8.